The Morgan fingerprint density at radius 2 is 2.18 bits per heavy atom. The van der Waals surface area contributed by atoms with Crippen LogP contribution >= 0.6 is 0 Å². The highest BCUT2D eigenvalue weighted by Gasteiger charge is 1.99. The minimum atomic E-state index is -0.107. The zero-order valence-electron chi connectivity index (χ0n) is 10.4. The van der Waals surface area contributed by atoms with Gasteiger partial charge in [0.1, 0.15) is 0 Å². The average molecular weight is 233 g/mol. The van der Waals surface area contributed by atoms with Gasteiger partial charge in [-0.25, -0.2) is 0 Å². The largest absolute Gasteiger partial charge is 0.396 e. The van der Waals surface area contributed by atoms with E-state index in [0.717, 1.165) is 29.7 Å². The van der Waals surface area contributed by atoms with Crippen molar-refractivity contribution in [1.29, 1.82) is 0 Å². The topological polar surface area (TPSA) is 49.3 Å². The van der Waals surface area contributed by atoms with Gasteiger partial charge < -0.3 is 10.4 Å². The molecule has 92 valence electrons. The van der Waals surface area contributed by atoms with Crippen LogP contribution in [0.4, 0.5) is 5.69 Å². The van der Waals surface area contributed by atoms with E-state index in [1.54, 1.807) is 6.08 Å². The van der Waals surface area contributed by atoms with Crippen LogP contribution < -0.4 is 5.32 Å². The molecule has 0 saturated carbocycles. The molecule has 0 fully saturated rings. The normalized spacial score (nSPS) is 9.82. The van der Waals surface area contributed by atoms with E-state index < -0.39 is 0 Å². The molecular weight excluding hydrogens is 214 g/mol. The van der Waals surface area contributed by atoms with Gasteiger partial charge in [-0.2, -0.15) is 0 Å². The lowest BCUT2D eigenvalue weighted by Crippen LogP contribution is -2.08. The van der Waals surface area contributed by atoms with Gasteiger partial charge >= 0.3 is 0 Å². The highest BCUT2D eigenvalue weighted by atomic mass is 16.2. The van der Waals surface area contributed by atoms with E-state index in [2.05, 4.69) is 5.32 Å². The minimum Gasteiger partial charge on any atom is -0.396 e. The van der Waals surface area contributed by atoms with Crippen LogP contribution in [-0.4, -0.2) is 17.6 Å². The summed E-state index contributed by atoms with van der Waals surface area (Å²) in [6.45, 7) is 3.96. The van der Waals surface area contributed by atoms with Gasteiger partial charge in [0.05, 0.1) is 0 Å². The van der Waals surface area contributed by atoms with Gasteiger partial charge in [-0.1, -0.05) is 17.7 Å². The molecule has 1 amide bonds. The van der Waals surface area contributed by atoms with Crippen molar-refractivity contribution in [2.24, 2.45) is 0 Å². The highest BCUT2D eigenvalue weighted by molar-refractivity contribution is 5.99. The van der Waals surface area contributed by atoms with E-state index in [1.807, 2.05) is 38.1 Å². The number of carbonyl (C=O) groups is 1. The van der Waals surface area contributed by atoms with Crippen molar-refractivity contribution < 1.29 is 9.90 Å². The van der Waals surface area contributed by atoms with Crippen molar-refractivity contribution in [3.05, 3.63) is 41.5 Å². The molecular formula is C14H19NO2. The van der Waals surface area contributed by atoms with E-state index in [-0.39, 0.29) is 12.5 Å². The van der Waals surface area contributed by atoms with E-state index >= 15 is 0 Å². The molecule has 3 heteroatoms. The molecule has 0 heterocycles. The van der Waals surface area contributed by atoms with Crippen LogP contribution in [0.25, 0.3) is 0 Å². The molecule has 0 aromatic heterocycles. The lowest BCUT2D eigenvalue weighted by molar-refractivity contribution is -0.111. The molecule has 1 rings (SSSR count). The fraction of sp³-hybridized carbons (Fsp3) is 0.357. The third kappa shape index (κ3) is 5.31. The number of carbonyl (C=O) groups excluding carboxylic acids is 1. The van der Waals surface area contributed by atoms with E-state index in [9.17, 15) is 4.79 Å². The summed E-state index contributed by atoms with van der Waals surface area (Å²) in [6, 6.07) is 7.70. The zero-order valence-corrected chi connectivity index (χ0v) is 10.4. The number of aliphatic hydroxyl groups excluding tert-OH is 1. The summed E-state index contributed by atoms with van der Waals surface area (Å²) in [4.78, 5) is 11.5. The quantitative estimate of drug-likeness (QED) is 0.768. The standard InChI is InChI=1S/C14H19NO2/c1-11(2)9-14(17)15-13-7-3-5-12(10-13)6-4-8-16/h3,5,7,9-10,16H,4,6,8H2,1-2H3,(H,15,17). The molecule has 0 aliphatic carbocycles. The SMILES string of the molecule is CC(C)=CC(=O)Nc1cccc(CCCO)c1. The Balaban J connectivity index is 2.65. The summed E-state index contributed by atoms with van der Waals surface area (Å²) in [5, 5.41) is 11.6. The maximum absolute atomic E-state index is 11.5. The Kier molecular flexibility index (Phi) is 5.43. The second kappa shape index (κ2) is 6.86. The summed E-state index contributed by atoms with van der Waals surface area (Å²) in [5.41, 5.74) is 2.89. The molecule has 17 heavy (non-hydrogen) atoms. The molecule has 0 spiro atoms. The monoisotopic (exact) mass is 233 g/mol. The highest BCUT2D eigenvalue weighted by Crippen LogP contribution is 2.12. The van der Waals surface area contributed by atoms with Crippen LogP contribution in [0, 0.1) is 0 Å². The number of hydrogen-bond donors (Lipinski definition) is 2. The number of amides is 1. The maximum atomic E-state index is 11.5. The summed E-state index contributed by atoms with van der Waals surface area (Å²) in [5.74, 6) is -0.107. The molecule has 0 saturated heterocycles. The van der Waals surface area contributed by atoms with Gasteiger partial charge in [-0.3, -0.25) is 4.79 Å². The Morgan fingerprint density at radius 3 is 2.82 bits per heavy atom. The van der Waals surface area contributed by atoms with E-state index in [0.29, 0.717) is 0 Å². The molecule has 3 nitrogen and oxygen atoms in total. The van der Waals surface area contributed by atoms with Crippen molar-refractivity contribution in [2.45, 2.75) is 26.7 Å². The number of rotatable bonds is 5. The predicted octanol–water partition coefficient (Wildman–Crippen LogP) is 2.52. The second-order valence-corrected chi connectivity index (χ2v) is 4.24. The Bertz CT molecular complexity index is 406. The van der Waals surface area contributed by atoms with Crippen LogP contribution in [0.3, 0.4) is 0 Å². The maximum Gasteiger partial charge on any atom is 0.248 e. The van der Waals surface area contributed by atoms with E-state index in [1.165, 1.54) is 0 Å². The van der Waals surface area contributed by atoms with Gasteiger partial charge in [0.2, 0.25) is 5.91 Å². The summed E-state index contributed by atoms with van der Waals surface area (Å²) in [7, 11) is 0. The predicted molar refractivity (Wildman–Crippen MR) is 69.9 cm³/mol. The molecule has 1 aromatic carbocycles. The number of aliphatic hydroxyl groups is 1. The first kappa shape index (κ1) is 13.5. The minimum absolute atomic E-state index is 0.107. The number of nitrogens with one attached hydrogen (secondary N) is 1. The zero-order chi connectivity index (χ0) is 12.7. The smallest absolute Gasteiger partial charge is 0.248 e. The van der Waals surface area contributed by atoms with Crippen molar-refractivity contribution in [3.63, 3.8) is 0 Å². The molecule has 0 unspecified atom stereocenters. The third-order valence-corrected chi connectivity index (χ3v) is 2.24. The fourth-order valence-corrected chi connectivity index (χ4v) is 1.53. The lowest BCUT2D eigenvalue weighted by atomic mass is 10.1. The van der Waals surface area contributed by atoms with Crippen LogP contribution in [-0.2, 0) is 11.2 Å². The Labute approximate surface area is 102 Å². The van der Waals surface area contributed by atoms with E-state index in [4.69, 9.17) is 5.11 Å². The number of benzene rings is 1. The van der Waals surface area contributed by atoms with Crippen molar-refractivity contribution in [2.75, 3.05) is 11.9 Å². The molecule has 0 aliphatic heterocycles. The first-order valence-electron chi connectivity index (χ1n) is 5.77. The van der Waals surface area contributed by atoms with Gasteiger partial charge in [0, 0.05) is 18.4 Å². The van der Waals surface area contributed by atoms with Gasteiger partial charge in [-0.05, 0) is 44.4 Å². The second-order valence-electron chi connectivity index (χ2n) is 4.24. The summed E-state index contributed by atoms with van der Waals surface area (Å²) < 4.78 is 0. The molecule has 0 aliphatic rings. The molecule has 0 bridgehead atoms. The third-order valence-electron chi connectivity index (χ3n) is 2.24. The van der Waals surface area contributed by atoms with Gasteiger partial charge in [-0.15, -0.1) is 0 Å². The van der Waals surface area contributed by atoms with Crippen LogP contribution in [0.5, 0.6) is 0 Å². The van der Waals surface area contributed by atoms with Crippen LogP contribution in [0.1, 0.15) is 25.8 Å². The number of anilines is 1. The van der Waals surface area contributed by atoms with Crippen LogP contribution in [0.15, 0.2) is 35.9 Å². The van der Waals surface area contributed by atoms with Gasteiger partial charge in [0.25, 0.3) is 0 Å². The first-order valence-corrected chi connectivity index (χ1v) is 5.77. The van der Waals surface area contributed by atoms with Crippen molar-refractivity contribution in [3.8, 4) is 0 Å². The molecule has 0 radical (unpaired) electrons. The number of hydrogen-bond acceptors (Lipinski definition) is 2. The number of allylic oxidation sites excluding steroid dienone is 1. The van der Waals surface area contributed by atoms with Crippen molar-refractivity contribution >= 4 is 11.6 Å². The summed E-state index contributed by atoms with van der Waals surface area (Å²) in [6.07, 6.45) is 3.13. The first-order chi connectivity index (χ1) is 8.11. The lowest BCUT2D eigenvalue weighted by Gasteiger charge is -2.05. The molecule has 0 atom stereocenters. The summed E-state index contributed by atoms with van der Waals surface area (Å²) >= 11 is 0. The fourth-order valence-electron chi connectivity index (χ4n) is 1.53. The molecule has 2 N–H and O–H groups in total. The Morgan fingerprint density at radius 1 is 1.41 bits per heavy atom. The number of aryl methyl sites for hydroxylation is 1. The molecule has 1 aromatic rings. The average Bonchev–Trinajstić information content (AvgIpc) is 2.25. The van der Waals surface area contributed by atoms with Gasteiger partial charge in [0.15, 0.2) is 0 Å². The Hall–Kier alpha value is -1.61. The van der Waals surface area contributed by atoms with Crippen molar-refractivity contribution in [1.82, 2.24) is 0 Å². The van der Waals surface area contributed by atoms with Crippen LogP contribution in [0.2, 0.25) is 0 Å².